The van der Waals surface area contributed by atoms with Gasteiger partial charge in [0.15, 0.2) is 0 Å². The predicted octanol–water partition coefficient (Wildman–Crippen LogP) is 16.8. The van der Waals surface area contributed by atoms with E-state index in [1.165, 1.54) is 98.7 Å². The van der Waals surface area contributed by atoms with Gasteiger partial charge < -0.3 is 0 Å². The van der Waals surface area contributed by atoms with Crippen molar-refractivity contribution in [2.45, 2.75) is 0 Å². The molecule has 0 aliphatic heterocycles. The Kier molecular flexibility index (Phi) is 9.65. The molecule has 0 N–H and O–H groups in total. The summed E-state index contributed by atoms with van der Waals surface area (Å²) in [7, 11) is 0. The third kappa shape index (κ3) is 6.88. The van der Waals surface area contributed by atoms with Gasteiger partial charge in [-0.3, -0.25) is 0 Å². The second-order valence-corrected chi connectivity index (χ2v) is 16.0. The zero-order chi connectivity index (χ0) is 41.2. The van der Waals surface area contributed by atoms with Crippen LogP contribution >= 0.6 is 0 Å². The smallest absolute Gasteiger partial charge is 0.00987 e. The topological polar surface area (TPSA) is 0 Å². The molecule has 11 rings (SSSR count). The monoisotopic (exact) mass is 786 g/mol. The summed E-state index contributed by atoms with van der Waals surface area (Å²) in [6.07, 6.45) is 4.69. The van der Waals surface area contributed by atoms with Crippen LogP contribution in [0.1, 0.15) is 33.4 Å². The maximum absolute atomic E-state index is 2.35. The number of fused-ring (bicyclic) bond motifs is 4. The average molecular weight is 787 g/mol. The third-order valence-corrected chi connectivity index (χ3v) is 12.3. The van der Waals surface area contributed by atoms with Gasteiger partial charge in [0.2, 0.25) is 0 Å². The summed E-state index contributed by atoms with van der Waals surface area (Å²) < 4.78 is 0. The van der Waals surface area contributed by atoms with E-state index in [0.29, 0.717) is 0 Å². The molecule has 0 atom stereocenters. The fraction of sp³-hybridized carbons (Fsp3) is 0. The second kappa shape index (κ2) is 16.2. The van der Waals surface area contributed by atoms with Crippen LogP contribution in [0.15, 0.2) is 243 Å². The molecule has 0 unspecified atom stereocenters. The minimum absolute atomic E-state index is 1.15. The molecule has 0 amide bonds. The van der Waals surface area contributed by atoms with Gasteiger partial charge in [-0.15, -0.1) is 0 Å². The summed E-state index contributed by atoms with van der Waals surface area (Å²) in [5.74, 6) is 0. The van der Waals surface area contributed by atoms with Crippen molar-refractivity contribution >= 4 is 66.4 Å². The van der Waals surface area contributed by atoms with Crippen LogP contribution in [0.2, 0.25) is 0 Å². The van der Waals surface area contributed by atoms with Crippen molar-refractivity contribution in [1.29, 1.82) is 0 Å². The van der Waals surface area contributed by atoms with Gasteiger partial charge in [-0.25, -0.2) is 0 Å². The molecule has 0 nitrogen and oxygen atoms in total. The van der Waals surface area contributed by atoms with E-state index in [2.05, 4.69) is 255 Å². The summed E-state index contributed by atoms with van der Waals surface area (Å²) >= 11 is 0. The van der Waals surface area contributed by atoms with Crippen LogP contribution in [0.4, 0.5) is 0 Å². The van der Waals surface area contributed by atoms with Crippen LogP contribution in [-0.2, 0) is 0 Å². The molecular formula is C62H42. The van der Waals surface area contributed by atoms with Crippen molar-refractivity contribution in [3.8, 4) is 22.3 Å². The Labute approximate surface area is 363 Å². The fourth-order valence-corrected chi connectivity index (χ4v) is 9.35. The van der Waals surface area contributed by atoms with Crippen molar-refractivity contribution in [1.82, 2.24) is 0 Å². The molecule has 62 heavy (non-hydrogen) atoms. The molecule has 290 valence electrons. The maximum atomic E-state index is 2.35. The van der Waals surface area contributed by atoms with E-state index in [1.807, 2.05) is 0 Å². The lowest BCUT2D eigenvalue weighted by atomic mass is 9.87. The second-order valence-electron chi connectivity index (χ2n) is 16.0. The highest BCUT2D eigenvalue weighted by molar-refractivity contribution is 6.12. The molecule has 11 aromatic rings. The van der Waals surface area contributed by atoms with E-state index in [-0.39, 0.29) is 0 Å². The zero-order valence-corrected chi connectivity index (χ0v) is 34.2. The summed E-state index contributed by atoms with van der Waals surface area (Å²) in [6.45, 7) is 0. The molecule has 0 aliphatic rings. The Balaban J connectivity index is 1.02. The van der Waals surface area contributed by atoms with Gasteiger partial charge >= 0.3 is 0 Å². The van der Waals surface area contributed by atoms with Crippen LogP contribution in [-0.4, -0.2) is 0 Å². The predicted molar refractivity (Wildman–Crippen MR) is 267 cm³/mol. The van der Waals surface area contributed by atoms with Gasteiger partial charge in [0.1, 0.15) is 0 Å². The summed E-state index contributed by atoms with van der Waals surface area (Å²) in [4.78, 5) is 0. The molecule has 0 radical (unpaired) electrons. The highest BCUT2D eigenvalue weighted by Crippen LogP contribution is 2.41. The van der Waals surface area contributed by atoms with Crippen LogP contribution in [0.5, 0.6) is 0 Å². The molecule has 0 bridgehead atoms. The van der Waals surface area contributed by atoms with Crippen molar-refractivity contribution in [3.63, 3.8) is 0 Å². The molecule has 0 fully saturated rings. The van der Waals surface area contributed by atoms with Crippen LogP contribution in [0.3, 0.4) is 0 Å². The van der Waals surface area contributed by atoms with E-state index >= 15 is 0 Å². The molecule has 0 saturated carbocycles. The quantitative estimate of drug-likeness (QED) is 0.135. The first-order chi connectivity index (χ1) is 30.8. The van der Waals surface area contributed by atoms with E-state index in [4.69, 9.17) is 0 Å². The van der Waals surface area contributed by atoms with Crippen LogP contribution in [0, 0.1) is 0 Å². The van der Waals surface area contributed by atoms with Gasteiger partial charge in [-0.1, -0.05) is 243 Å². The zero-order valence-electron chi connectivity index (χ0n) is 34.2. The third-order valence-electron chi connectivity index (χ3n) is 12.3. The van der Waals surface area contributed by atoms with Gasteiger partial charge in [-0.2, -0.15) is 0 Å². The summed E-state index contributed by atoms with van der Waals surface area (Å²) in [6, 6.07) is 88.2. The molecule has 0 heterocycles. The number of hydrogen-bond acceptors (Lipinski definition) is 0. The lowest BCUT2D eigenvalue weighted by molar-refractivity contribution is 1.56. The first-order valence-electron chi connectivity index (χ1n) is 21.4. The van der Waals surface area contributed by atoms with E-state index in [0.717, 1.165) is 11.1 Å². The summed E-state index contributed by atoms with van der Waals surface area (Å²) in [5.41, 5.74) is 14.5. The molecule has 0 spiro atoms. The van der Waals surface area contributed by atoms with Crippen molar-refractivity contribution < 1.29 is 0 Å². The minimum atomic E-state index is 1.15. The number of rotatable bonds is 8. The minimum Gasteiger partial charge on any atom is -0.0622 e. The molecule has 11 aromatic carbocycles. The highest BCUT2D eigenvalue weighted by atomic mass is 14.2. The number of hydrogen-bond donors (Lipinski definition) is 0. The van der Waals surface area contributed by atoms with Crippen molar-refractivity contribution in [2.75, 3.05) is 0 Å². The number of benzene rings is 11. The SMILES string of the molecule is C(=C(c1ccccc1)c1ccc(-c2cccc3ccccc23)c2ccccc12)c1ccc(C=C(c2ccccc2)c2ccc(-c3cccc4ccccc34)c3ccccc23)cc1. The van der Waals surface area contributed by atoms with Gasteiger partial charge in [0.25, 0.3) is 0 Å². The Morgan fingerprint density at radius 3 is 0.968 bits per heavy atom. The lowest BCUT2D eigenvalue weighted by Crippen LogP contribution is -1.93. The van der Waals surface area contributed by atoms with Crippen LogP contribution in [0.25, 0.3) is 88.6 Å². The molecule has 0 aromatic heterocycles. The standard InChI is InChI=1S/C62H42/c1-3-17-47(18-4-1)61(59-39-37-57(53-27-11-13-29-55(53)59)51-31-15-23-45-21-7-9-25-49(45)51)41-43-33-35-44(36-34-43)42-62(48-19-5-2-6-20-48)60-40-38-58(54-28-12-14-30-56(54)60)52-32-16-24-46-22-8-10-26-50(46)52/h1-42H. The fourth-order valence-electron chi connectivity index (χ4n) is 9.35. The first kappa shape index (κ1) is 37.0. The highest BCUT2D eigenvalue weighted by Gasteiger charge is 2.16. The van der Waals surface area contributed by atoms with Gasteiger partial charge in [-0.05, 0) is 122 Å². The Morgan fingerprint density at radius 2 is 0.548 bits per heavy atom. The molecule has 0 saturated heterocycles. The van der Waals surface area contributed by atoms with E-state index in [1.54, 1.807) is 0 Å². The van der Waals surface area contributed by atoms with Crippen molar-refractivity contribution in [2.24, 2.45) is 0 Å². The average Bonchev–Trinajstić information content (AvgIpc) is 3.35. The Bertz CT molecular complexity index is 3230. The van der Waals surface area contributed by atoms with Gasteiger partial charge in [0, 0.05) is 0 Å². The van der Waals surface area contributed by atoms with Crippen LogP contribution < -0.4 is 0 Å². The van der Waals surface area contributed by atoms with E-state index in [9.17, 15) is 0 Å². The molecular weight excluding hydrogens is 745 g/mol. The summed E-state index contributed by atoms with van der Waals surface area (Å²) in [5, 5.41) is 9.99. The largest absolute Gasteiger partial charge is 0.0622 e. The first-order valence-corrected chi connectivity index (χ1v) is 21.4. The Hall–Kier alpha value is -8.06. The van der Waals surface area contributed by atoms with E-state index < -0.39 is 0 Å². The molecule has 0 aliphatic carbocycles. The van der Waals surface area contributed by atoms with Crippen molar-refractivity contribution in [3.05, 3.63) is 276 Å². The Morgan fingerprint density at radius 1 is 0.226 bits per heavy atom. The normalized spacial score (nSPS) is 12.1. The maximum Gasteiger partial charge on any atom is -0.00987 e. The van der Waals surface area contributed by atoms with Gasteiger partial charge in [0.05, 0.1) is 0 Å². The lowest BCUT2D eigenvalue weighted by Gasteiger charge is -2.17. The molecule has 0 heteroatoms.